The molecule has 0 aromatic heterocycles. The summed E-state index contributed by atoms with van der Waals surface area (Å²) in [6.07, 6.45) is 3.11. The third-order valence-electron chi connectivity index (χ3n) is 4.35. The highest BCUT2D eigenvalue weighted by Gasteiger charge is 2.34. The van der Waals surface area contributed by atoms with Crippen LogP contribution in [0.5, 0.6) is 0 Å². The van der Waals surface area contributed by atoms with Crippen LogP contribution in [0.25, 0.3) is 0 Å². The zero-order valence-corrected chi connectivity index (χ0v) is 13.5. The van der Waals surface area contributed by atoms with E-state index < -0.39 is 0 Å². The first-order valence-electron chi connectivity index (χ1n) is 8.18. The first-order chi connectivity index (χ1) is 10.1. The Hall–Kier alpha value is -1.35. The Morgan fingerprint density at radius 3 is 2.52 bits per heavy atom. The van der Waals surface area contributed by atoms with Gasteiger partial charge in [0.2, 0.25) is 5.91 Å². The predicted octanol–water partition coefficient (Wildman–Crippen LogP) is 3.20. The molecule has 0 heterocycles. The van der Waals surface area contributed by atoms with Crippen molar-refractivity contribution in [2.45, 2.75) is 58.7 Å². The molecule has 116 valence electrons. The number of hydrogen-bond acceptors (Lipinski definition) is 2. The average Bonchev–Trinajstić information content (AvgIpc) is 3.30. The topological polar surface area (TPSA) is 32.3 Å². The Morgan fingerprint density at radius 1 is 1.29 bits per heavy atom. The van der Waals surface area contributed by atoms with Gasteiger partial charge in [0.05, 0.1) is 0 Å². The molecule has 0 bridgehead atoms. The molecule has 1 fully saturated rings. The number of benzene rings is 1. The molecule has 1 saturated carbocycles. The molecule has 1 aromatic rings. The summed E-state index contributed by atoms with van der Waals surface area (Å²) >= 11 is 0. The summed E-state index contributed by atoms with van der Waals surface area (Å²) in [6, 6.07) is 10.9. The lowest BCUT2D eigenvalue weighted by Gasteiger charge is -2.31. The highest BCUT2D eigenvalue weighted by atomic mass is 16.2. The molecular weight excluding hydrogens is 260 g/mol. The number of carbonyl (C=O) groups excluding carboxylic acids is 1. The third kappa shape index (κ3) is 4.85. The van der Waals surface area contributed by atoms with Crippen molar-refractivity contribution in [2.24, 2.45) is 5.92 Å². The minimum atomic E-state index is 0.243. The van der Waals surface area contributed by atoms with Gasteiger partial charge in [0.15, 0.2) is 0 Å². The molecule has 0 spiro atoms. The van der Waals surface area contributed by atoms with Crippen molar-refractivity contribution in [1.82, 2.24) is 10.2 Å². The van der Waals surface area contributed by atoms with Crippen molar-refractivity contribution >= 4 is 5.91 Å². The van der Waals surface area contributed by atoms with E-state index in [9.17, 15) is 4.79 Å². The van der Waals surface area contributed by atoms with Crippen LogP contribution >= 0.6 is 0 Å². The molecule has 2 unspecified atom stereocenters. The van der Waals surface area contributed by atoms with Crippen LogP contribution in [0, 0.1) is 5.92 Å². The molecule has 1 aliphatic rings. The van der Waals surface area contributed by atoms with E-state index in [1.165, 1.54) is 18.4 Å². The maximum absolute atomic E-state index is 12.7. The van der Waals surface area contributed by atoms with Crippen LogP contribution in [0.4, 0.5) is 0 Å². The van der Waals surface area contributed by atoms with E-state index in [1.54, 1.807) is 0 Å². The van der Waals surface area contributed by atoms with Gasteiger partial charge in [0.1, 0.15) is 0 Å². The number of hydrogen-bond donors (Lipinski definition) is 1. The second-order valence-corrected chi connectivity index (χ2v) is 6.25. The second-order valence-electron chi connectivity index (χ2n) is 6.25. The summed E-state index contributed by atoms with van der Waals surface area (Å²) in [5.41, 5.74) is 1.22. The summed E-state index contributed by atoms with van der Waals surface area (Å²) < 4.78 is 0. The van der Waals surface area contributed by atoms with Gasteiger partial charge in [-0.05, 0) is 44.7 Å². The summed E-state index contributed by atoms with van der Waals surface area (Å²) in [5.74, 6) is 0.971. The summed E-state index contributed by atoms with van der Waals surface area (Å²) in [4.78, 5) is 14.8. The fourth-order valence-corrected chi connectivity index (χ4v) is 2.87. The highest BCUT2D eigenvalue weighted by molar-refractivity contribution is 5.77. The molecular formula is C18H28N2O. The molecule has 1 amide bonds. The SMILES string of the molecule is CCNC(C)CC(=O)N(Cc1ccccc1)C(C)C1CC1. The smallest absolute Gasteiger partial charge is 0.224 e. The summed E-state index contributed by atoms with van der Waals surface area (Å²) in [6.45, 7) is 8.01. The largest absolute Gasteiger partial charge is 0.335 e. The molecule has 0 saturated heterocycles. The molecule has 21 heavy (non-hydrogen) atoms. The molecule has 3 heteroatoms. The lowest BCUT2D eigenvalue weighted by molar-refractivity contribution is -0.134. The number of nitrogens with zero attached hydrogens (tertiary/aromatic N) is 1. The van der Waals surface area contributed by atoms with Gasteiger partial charge >= 0.3 is 0 Å². The van der Waals surface area contributed by atoms with E-state index in [0.717, 1.165) is 13.1 Å². The molecule has 1 N–H and O–H groups in total. The zero-order valence-electron chi connectivity index (χ0n) is 13.5. The van der Waals surface area contributed by atoms with Gasteiger partial charge in [-0.3, -0.25) is 4.79 Å². The van der Waals surface area contributed by atoms with E-state index in [-0.39, 0.29) is 11.9 Å². The van der Waals surface area contributed by atoms with E-state index in [2.05, 4.69) is 43.1 Å². The third-order valence-corrected chi connectivity index (χ3v) is 4.35. The Labute approximate surface area is 128 Å². The van der Waals surface area contributed by atoms with E-state index in [0.29, 0.717) is 18.4 Å². The monoisotopic (exact) mass is 288 g/mol. The van der Waals surface area contributed by atoms with Crippen LogP contribution in [0.3, 0.4) is 0 Å². The molecule has 1 aliphatic carbocycles. The first kappa shape index (κ1) is 16.0. The Balaban J connectivity index is 2.02. The molecule has 1 aromatic carbocycles. The van der Waals surface area contributed by atoms with Crippen molar-refractivity contribution in [3.8, 4) is 0 Å². The molecule has 2 rings (SSSR count). The average molecular weight is 288 g/mol. The van der Waals surface area contributed by atoms with Crippen molar-refractivity contribution < 1.29 is 4.79 Å². The van der Waals surface area contributed by atoms with Crippen molar-refractivity contribution in [2.75, 3.05) is 6.54 Å². The van der Waals surface area contributed by atoms with Gasteiger partial charge in [0, 0.05) is 25.0 Å². The van der Waals surface area contributed by atoms with Gasteiger partial charge in [-0.15, -0.1) is 0 Å². The fourth-order valence-electron chi connectivity index (χ4n) is 2.87. The minimum absolute atomic E-state index is 0.243. The Kier molecular flexibility index (Phi) is 5.80. The van der Waals surface area contributed by atoms with Crippen molar-refractivity contribution in [3.05, 3.63) is 35.9 Å². The zero-order chi connectivity index (χ0) is 15.2. The fraction of sp³-hybridized carbons (Fsp3) is 0.611. The standard InChI is InChI=1S/C18H28N2O/c1-4-19-14(2)12-18(21)20(15(3)17-10-11-17)13-16-8-6-5-7-9-16/h5-9,14-15,17,19H,4,10-13H2,1-3H3. The second kappa shape index (κ2) is 7.60. The normalized spacial score (nSPS) is 17.3. The van der Waals surface area contributed by atoms with Crippen LogP contribution in [0.1, 0.15) is 45.6 Å². The molecule has 3 nitrogen and oxygen atoms in total. The summed E-state index contributed by atoms with van der Waals surface area (Å²) in [7, 11) is 0. The van der Waals surface area contributed by atoms with Gasteiger partial charge in [-0.25, -0.2) is 0 Å². The number of carbonyl (C=O) groups is 1. The predicted molar refractivity (Wildman–Crippen MR) is 86.9 cm³/mol. The van der Waals surface area contributed by atoms with Crippen LogP contribution in [-0.4, -0.2) is 29.4 Å². The first-order valence-corrected chi connectivity index (χ1v) is 8.18. The highest BCUT2D eigenvalue weighted by Crippen LogP contribution is 2.36. The van der Waals surface area contributed by atoms with Crippen molar-refractivity contribution in [3.63, 3.8) is 0 Å². The van der Waals surface area contributed by atoms with Gasteiger partial charge in [0.25, 0.3) is 0 Å². The maximum Gasteiger partial charge on any atom is 0.224 e. The summed E-state index contributed by atoms with van der Waals surface area (Å²) in [5, 5.41) is 3.33. The van der Waals surface area contributed by atoms with Crippen LogP contribution in [0.15, 0.2) is 30.3 Å². The van der Waals surface area contributed by atoms with E-state index >= 15 is 0 Å². The molecule has 0 radical (unpaired) electrons. The number of nitrogens with one attached hydrogen (secondary N) is 1. The number of amides is 1. The lowest BCUT2D eigenvalue weighted by Crippen LogP contribution is -2.42. The van der Waals surface area contributed by atoms with Gasteiger partial charge < -0.3 is 10.2 Å². The molecule has 2 atom stereocenters. The molecule has 0 aliphatic heterocycles. The quantitative estimate of drug-likeness (QED) is 0.796. The van der Waals surface area contributed by atoms with Gasteiger partial charge in [-0.2, -0.15) is 0 Å². The number of rotatable bonds is 8. The lowest BCUT2D eigenvalue weighted by atomic mass is 10.1. The van der Waals surface area contributed by atoms with Gasteiger partial charge in [-0.1, -0.05) is 37.3 Å². The van der Waals surface area contributed by atoms with Crippen LogP contribution in [-0.2, 0) is 11.3 Å². The van der Waals surface area contributed by atoms with Crippen LogP contribution in [0.2, 0.25) is 0 Å². The Morgan fingerprint density at radius 2 is 1.95 bits per heavy atom. The minimum Gasteiger partial charge on any atom is -0.335 e. The van der Waals surface area contributed by atoms with E-state index in [1.807, 2.05) is 18.2 Å². The van der Waals surface area contributed by atoms with Crippen LogP contribution < -0.4 is 5.32 Å². The Bertz CT molecular complexity index is 442. The maximum atomic E-state index is 12.7. The van der Waals surface area contributed by atoms with Crippen molar-refractivity contribution in [1.29, 1.82) is 0 Å². The van der Waals surface area contributed by atoms with E-state index in [4.69, 9.17) is 0 Å².